The second-order valence-electron chi connectivity index (χ2n) is 7.51. The van der Waals surface area contributed by atoms with Gasteiger partial charge in [0.1, 0.15) is 5.75 Å². The van der Waals surface area contributed by atoms with Crippen molar-refractivity contribution in [2.24, 2.45) is 0 Å². The zero-order chi connectivity index (χ0) is 19.1. The zero-order valence-corrected chi connectivity index (χ0v) is 15.9. The number of carbonyl (C=O) groups is 1. The number of nitrogens with zero attached hydrogens (tertiary/aromatic N) is 2. The smallest absolute Gasteiger partial charge is 0.253 e. The highest BCUT2D eigenvalue weighted by Gasteiger charge is 2.42. The van der Waals surface area contributed by atoms with E-state index in [1.165, 1.54) is 11.4 Å². The van der Waals surface area contributed by atoms with Crippen LogP contribution in [0.15, 0.2) is 66.9 Å². The van der Waals surface area contributed by atoms with Crippen LogP contribution in [0.25, 0.3) is 5.69 Å². The fourth-order valence-corrected chi connectivity index (χ4v) is 4.50. The molecule has 5 heteroatoms. The van der Waals surface area contributed by atoms with Gasteiger partial charge in [-0.3, -0.25) is 4.79 Å². The SMILES string of the molecule is COc1cccc(C(=O)N2CCC3(CC2)Nc2ccccc2-n2cccc23)c1. The molecule has 1 fully saturated rings. The number of nitrogens with one attached hydrogen (secondary N) is 1. The van der Waals surface area contributed by atoms with Crippen LogP contribution in [0.1, 0.15) is 28.9 Å². The van der Waals surface area contributed by atoms with Gasteiger partial charge in [-0.25, -0.2) is 0 Å². The number of benzene rings is 2. The van der Waals surface area contributed by atoms with Crippen LogP contribution in [-0.4, -0.2) is 35.6 Å². The Kier molecular flexibility index (Phi) is 3.90. The van der Waals surface area contributed by atoms with Gasteiger partial charge >= 0.3 is 0 Å². The molecule has 5 nitrogen and oxygen atoms in total. The van der Waals surface area contributed by atoms with Gasteiger partial charge in [-0.2, -0.15) is 0 Å². The van der Waals surface area contributed by atoms with E-state index in [2.05, 4.69) is 52.5 Å². The van der Waals surface area contributed by atoms with Crippen molar-refractivity contribution in [2.45, 2.75) is 18.4 Å². The standard InChI is InChI=1S/C23H23N3O2/c1-28-18-7-4-6-17(16-18)22(27)25-14-11-23(12-15-25)21-10-5-13-26(21)20-9-3-2-8-19(20)24-23/h2-10,13,16,24H,11-12,14-15H2,1H3. The lowest BCUT2D eigenvalue weighted by molar-refractivity contribution is 0.0676. The summed E-state index contributed by atoms with van der Waals surface area (Å²) in [7, 11) is 1.62. The first-order valence-electron chi connectivity index (χ1n) is 9.69. The van der Waals surface area contributed by atoms with Crippen LogP contribution >= 0.6 is 0 Å². The average Bonchev–Trinajstić information content (AvgIpc) is 3.25. The van der Waals surface area contributed by atoms with Crippen LogP contribution in [0, 0.1) is 0 Å². The first kappa shape index (κ1) is 16.9. The summed E-state index contributed by atoms with van der Waals surface area (Å²) in [5.41, 5.74) is 4.16. The van der Waals surface area contributed by atoms with Gasteiger partial charge in [0.05, 0.1) is 24.0 Å². The van der Waals surface area contributed by atoms with Crippen molar-refractivity contribution in [3.05, 3.63) is 78.1 Å². The fraction of sp³-hybridized carbons (Fsp3) is 0.261. The number of carbonyl (C=O) groups excluding carboxylic acids is 1. The largest absolute Gasteiger partial charge is 0.497 e. The van der Waals surface area contributed by atoms with Crippen molar-refractivity contribution >= 4 is 11.6 Å². The van der Waals surface area contributed by atoms with Crippen molar-refractivity contribution < 1.29 is 9.53 Å². The Labute approximate surface area is 164 Å². The van der Waals surface area contributed by atoms with E-state index in [0.29, 0.717) is 11.3 Å². The molecular weight excluding hydrogens is 350 g/mol. The van der Waals surface area contributed by atoms with Crippen molar-refractivity contribution in [1.82, 2.24) is 9.47 Å². The number of hydrogen-bond acceptors (Lipinski definition) is 3. The monoisotopic (exact) mass is 373 g/mol. The predicted molar refractivity (Wildman–Crippen MR) is 109 cm³/mol. The lowest BCUT2D eigenvalue weighted by Crippen LogP contribution is -2.51. The molecule has 0 aliphatic carbocycles. The van der Waals surface area contributed by atoms with Crippen LogP contribution < -0.4 is 10.1 Å². The Hall–Kier alpha value is -3.21. The minimum absolute atomic E-state index is 0.0698. The number of likely N-dealkylation sites (tertiary alicyclic amines) is 1. The second-order valence-corrected chi connectivity index (χ2v) is 7.51. The van der Waals surface area contributed by atoms with Gasteiger partial charge in [-0.15, -0.1) is 0 Å². The molecule has 2 aliphatic heterocycles. The van der Waals surface area contributed by atoms with E-state index in [9.17, 15) is 4.79 Å². The average molecular weight is 373 g/mol. The molecular formula is C23H23N3O2. The minimum atomic E-state index is -0.136. The van der Waals surface area contributed by atoms with Crippen LogP contribution in [0.3, 0.4) is 0 Å². The third-order valence-electron chi connectivity index (χ3n) is 6.00. The molecule has 1 N–H and O–H groups in total. The van der Waals surface area contributed by atoms with Crippen LogP contribution in [0.5, 0.6) is 5.75 Å². The molecule has 2 aromatic carbocycles. The fourth-order valence-electron chi connectivity index (χ4n) is 4.50. The molecule has 1 amide bonds. The molecule has 0 bridgehead atoms. The summed E-state index contributed by atoms with van der Waals surface area (Å²) in [6.45, 7) is 1.44. The summed E-state index contributed by atoms with van der Waals surface area (Å²) in [6, 6.07) is 20.1. The first-order valence-corrected chi connectivity index (χ1v) is 9.69. The number of hydrogen-bond donors (Lipinski definition) is 1. The molecule has 0 unspecified atom stereocenters. The summed E-state index contributed by atoms with van der Waals surface area (Å²) in [4.78, 5) is 14.9. The van der Waals surface area contributed by atoms with Crippen molar-refractivity contribution in [2.75, 3.05) is 25.5 Å². The number of fused-ring (bicyclic) bond motifs is 4. The summed E-state index contributed by atoms with van der Waals surface area (Å²) in [5.74, 6) is 0.781. The van der Waals surface area contributed by atoms with Crippen LogP contribution in [0.2, 0.25) is 0 Å². The highest BCUT2D eigenvalue weighted by atomic mass is 16.5. The highest BCUT2D eigenvalue weighted by molar-refractivity contribution is 5.94. The van der Waals surface area contributed by atoms with E-state index in [1.807, 2.05) is 29.2 Å². The molecule has 5 rings (SSSR count). The quantitative estimate of drug-likeness (QED) is 0.737. The maximum atomic E-state index is 13.0. The number of anilines is 1. The zero-order valence-electron chi connectivity index (χ0n) is 15.9. The van der Waals surface area contributed by atoms with Crippen LogP contribution in [-0.2, 0) is 5.54 Å². The maximum absolute atomic E-state index is 13.0. The van der Waals surface area contributed by atoms with Crippen molar-refractivity contribution in [1.29, 1.82) is 0 Å². The maximum Gasteiger partial charge on any atom is 0.253 e. The molecule has 1 saturated heterocycles. The minimum Gasteiger partial charge on any atom is -0.497 e. The van der Waals surface area contributed by atoms with Gasteiger partial charge in [-0.1, -0.05) is 18.2 Å². The van der Waals surface area contributed by atoms with Gasteiger partial charge in [0.2, 0.25) is 0 Å². The molecule has 2 aliphatic rings. The third kappa shape index (κ3) is 2.58. The molecule has 1 spiro atoms. The van der Waals surface area contributed by atoms with Crippen molar-refractivity contribution in [3.63, 3.8) is 0 Å². The number of aromatic nitrogens is 1. The van der Waals surface area contributed by atoms with Crippen LogP contribution in [0.4, 0.5) is 5.69 Å². The number of ether oxygens (including phenoxy) is 1. The molecule has 0 saturated carbocycles. The summed E-state index contributed by atoms with van der Waals surface area (Å²) >= 11 is 0. The van der Waals surface area contributed by atoms with Gasteiger partial charge in [0.15, 0.2) is 0 Å². The van der Waals surface area contributed by atoms with Gasteiger partial charge in [0.25, 0.3) is 5.91 Å². The van der Waals surface area contributed by atoms with Gasteiger partial charge < -0.3 is 19.5 Å². The Morgan fingerprint density at radius 3 is 2.68 bits per heavy atom. The number of amides is 1. The number of piperidine rings is 1. The Balaban J connectivity index is 1.39. The first-order chi connectivity index (χ1) is 13.7. The molecule has 0 radical (unpaired) electrons. The van der Waals surface area contributed by atoms with E-state index in [1.54, 1.807) is 7.11 Å². The highest BCUT2D eigenvalue weighted by Crippen LogP contribution is 2.43. The van der Waals surface area contributed by atoms with Gasteiger partial charge in [0, 0.05) is 30.5 Å². The molecule has 0 atom stereocenters. The lowest BCUT2D eigenvalue weighted by Gasteiger charge is -2.46. The molecule has 28 heavy (non-hydrogen) atoms. The molecule has 1 aromatic heterocycles. The number of rotatable bonds is 2. The second kappa shape index (κ2) is 6.44. The molecule has 3 aromatic rings. The predicted octanol–water partition coefficient (Wildman–Crippen LogP) is 4.04. The normalized spacial score (nSPS) is 16.8. The summed E-state index contributed by atoms with van der Waals surface area (Å²) in [6.07, 6.45) is 3.88. The lowest BCUT2D eigenvalue weighted by atomic mass is 9.82. The van der Waals surface area contributed by atoms with E-state index in [-0.39, 0.29) is 11.4 Å². The Morgan fingerprint density at radius 1 is 1.04 bits per heavy atom. The van der Waals surface area contributed by atoms with E-state index in [0.717, 1.165) is 31.6 Å². The number of para-hydroxylation sites is 2. The van der Waals surface area contributed by atoms with Crippen molar-refractivity contribution in [3.8, 4) is 11.4 Å². The summed E-state index contributed by atoms with van der Waals surface area (Å²) < 4.78 is 7.55. The molecule has 142 valence electrons. The Bertz CT molecular complexity index is 1030. The Morgan fingerprint density at radius 2 is 1.86 bits per heavy atom. The van der Waals surface area contributed by atoms with E-state index in [4.69, 9.17) is 4.74 Å². The molecule has 3 heterocycles. The summed E-state index contributed by atoms with van der Waals surface area (Å²) in [5, 5.41) is 3.79. The number of methoxy groups -OCH3 is 1. The third-order valence-corrected chi connectivity index (χ3v) is 6.00. The van der Waals surface area contributed by atoms with E-state index < -0.39 is 0 Å². The van der Waals surface area contributed by atoms with E-state index >= 15 is 0 Å². The van der Waals surface area contributed by atoms with Gasteiger partial charge in [-0.05, 0) is 55.3 Å². The topological polar surface area (TPSA) is 46.5 Å².